The van der Waals surface area contributed by atoms with Crippen molar-refractivity contribution in [2.45, 2.75) is 25.4 Å². The van der Waals surface area contributed by atoms with E-state index in [1.165, 1.54) is 23.3 Å². The zero-order valence-electron chi connectivity index (χ0n) is 18.0. The van der Waals surface area contributed by atoms with Crippen LogP contribution in [0.25, 0.3) is 11.1 Å². The Morgan fingerprint density at radius 2 is 1.48 bits per heavy atom. The fourth-order valence-electron chi connectivity index (χ4n) is 4.63. The van der Waals surface area contributed by atoms with Gasteiger partial charge in [-0.1, -0.05) is 84.4 Å². The zero-order chi connectivity index (χ0) is 22.8. The lowest BCUT2D eigenvalue weighted by Crippen LogP contribution is -2.40. The molecule has 5 rings (SSSR count). The SMILES string of the molecule is O=C(c1cc(Cl)ccc1-c1ccccc1)N(Cc1ccc(F)cc1)C1Cc2ccccc2C1. The van der Waals surface area contributed by atoms with Gasteiger partial charge in [0.15, 0.2) is 0 Å². The third-order valence-electron chi connectivity index (χ3n) is 6.29. The largest absolute Gasteiger partial charge is 0.331 e. The second-order valence-electron chi connectivity index (χ2n) is 8.45. The van der Waals surface area contributed by atoms with Gasteiger partial charge < -0.3 is 4.90 Å². The third kappa shape index (κ3) is 4.55. The molecule has 0 spiro atoms. The van der Waals surface area contributed by atoms with Crippen molar-refractivity contribution in [3.63, 3.8) is 0 Å². The Kier molecular flexibility index (Phi) is 5.97. The third-order valence-corrected chi connectivity index (χ3v) is 6.53. The minimum atomic E-state index is -0.286. The van der Waals surface area contributed by atoms with E-state index in [-0.39, 0.29) is 17.8 Å². The molecular formula is C29H23ClFNO. The van der Waals surface area contributed by atoms with Crippen LogP contribution in [0.5, 0.6) is 0 Å². The van der Waals surface area contributed by atoms with Crippen LogP contribution >= 0.6 is 11.6 Å². The van der Waals surface area contributed by atoms with Crippen LogP contribution < -0.4 is 0 Å². The van der Waals surface area contributed by atoms with Crippen LogP contribution in [0.15, 0.2) is 97.1 Å². The number of halogens is 2. The summed E-state index contributed by atoms with van der Waals surface area (Å²) in [5.41, 5.74) is 5.83. The van der Waals surface area contributed by atoms with E-state index in [2.05, 4.69) is 12.1 Å². The van der Waals surface area contributed by atoms with Crippen LogP contribution in [0.4, 0.5) is 4.39 Å². The molecule has 1 amide bonds. The molecule has 4 aromatic rings. The van der Waals surface area contributed by atoms with Gasteiger partial charge in [-0.05, 0) is 64.9 Å². The summed E-state index contributed by atoms with van der Waals surface area (Å²) in [6.45, 7) is 0.401. The Balaban J connectivity index is 1.55. The van der Waals surface area contributed by atoms with E-state index in [4.69, 9.17) is 11.6 Å². The van der Waals surface area contributed by atoms with Crippen molar-refractivity contribution in [3.05, 3.63) is 130 Å². The molecule has 1 aliphatic carbocycles. The number of hydrogen-bond donors (Lipinski definition) is 0. The molecule has 0 fully saturated rings. The molecular weight excluding hydrogens is 433 g/mol. The lowest BCUT2D eigenvalue weighted by molar-refractivity contribution is 0.0668. The Hall–Kier alpha value is -3.43. The Morgan fingerprint density at radius 1 is 0.848 bits per heavy atom. The average Bonchev–Trinajstić information content (AvgIpc) is 3.28. The van der Waals surface area contributed by atoms with Gasteiger partial charge in [0, 0.05) is 23.2 Å². The highest BCUT2D eigenvalue weighted by molar-refractivity contribution is 6.31. The predicted molar refractivity (Wildman–Crippen MR) is 131 cm³/mol. The van der Waals surface area contributed by atoms with Gasteiger partial charge in [-0.3, -0.25) is 4.79 Å². The molecule has 4 aromatic carbocycles. The fourth-order valence-corrected chi connectivity index (χ4v) is 4.80. The first-order valence-corrected chi connectivity index (χ1v) is 11.4. The smallest absolute Gasteiger partial charge is 0.255 e. The van der Waals surface area contributed by atoms with Gasteiger partial charge in [-0.2, -0.15) is 0 Å². The molecule has 0 heterocycles. The van der Waals surface area contributed by atoms with Gasteiger partial charge in [0.1, 0.15) is 5.82 Å². The molecule has 0 saturated carbocycles. The molecule has 0 atom stereocenters. The topological polar surface area (TPSA) is 20.3 Å². The number of nitrogens with zero attached hydrogens (tertiary/aromatic N) is 1. The summed E-state index contributed by atoms with van der Waals surface area (Å²) in [5.74, 6) is -0.357. The number of hydrogen-bond acceptors (Lipinski definition) is 1. The summed E-state index contributed by atoms with van der Waals surface area (Å²) in [5, 5.41) is 0.523. The predicted octanol–water partition coefficient (Wildman–Crippen LogP) is 6.96. The van der Waals surface area contributed by atoms with Crippen LogP contribution in [-0.2, 0) is 19.4 Å². The molecule has 1 aliphatic rings. The molecule has 0 saturated heterocycles. The number of carbonyl (C=O) groups excluding carboxylic acids is 1. The van der Waals surface area contributed by atoms with E-state index in [0.717, 1.165) is 29.5 Å². The Bertz CT molecular complexity index is 1260. The van der Waals surface area contributed by atoms with Crippen molar-refractivity contribution in [1.29, 1.82) is 0 Å². The minimum absolute atomic E-state index is 0.0163. The fraction of sp³-hybridized carbons (Fsp3) is 0.138. The maximum atomic E-state index is 14.1. The lowest BCUT2D eigenvalue weighted by Gasteiger charge is -2.30. The van der Waals surface area contributed by atoms with Gasteiger partial charge in [0.25, 0.3) is 5.91 Å². The average molecular weight is 456 g/mol. The molecule has 33 heavy (non-hydrogen) atoms. The maximum absolute atomic E-state index is 14.1. The molecule has 2 nitrogen and oxygen atoms in total. The highest BCUT2D eigenvalue weighted by atomic mass is 35.5. The molecule has 0 aliphatic heterocycles. The van der Waals surface area contributed by atoms with Crippen molar-refractivity contribution in [2.75, 3.05) is 0 Å². The van der Waals surface area contributed by atoms with Crippen LogP contribution in [0.3, 0.4) is 0 Å². The van der Waals surface area contributed by atoms with Crippen molar-refractivity contribution in [2.24, 2.45) is 0 Å². The first-order chi connectivity index (χ1) is 16.1. The Morgan fingerprint density at radius 3 is 2.15 bits per heavy atom. The highest BCUT2D eigenvalue weighted by Gasteiger charge is 2.31. The van der Waals surface area contributed by atoms with Crippen molar-refractivity contribution in [3.8, 4) is 11.1 Å². The second-order valence-corrected chi connectivity index (χ2v) is 8.88. The van der Waals surface area contributed by atoms with Gasteiger partial charge in [0.05, 0.1) is 0 Å². The molecule has 4 heteroatoms. The standard InChI is InChI=1S/C29H23ClFNO/c30-24-12-15-27(21-6-2-1-3-7-21)28(18-24)29(33)32(19-20-10-13-25(31)14-11-20)26-16-22-8-4-5-9-23(22)17-26/h1-15,18,26H,16-17,19H2. The summed E-state index contributed by atoms with van der Waals surface area (Å²) in [4.78, 5) is 16.0. The number of fused-ring (bicyclic) bond motifs is 1. The van der Waals surface area contributed by atoms with Crippen LogP contribution in [-0.4, -0.2) is 16.8 Å². The summed E-state index contributed by atoms with van der Waals surface area (Å²) in [7, 11) is 0. The number of carbonyl (C=O) groups is 1. The first kappa shape index (κ1) is 21.4. The summed E-state index contributed by atoms with van der Waals surface area (Å²) < 4.78 is 13.5. The minimum Gasteiger partial charge on any atom is -0.331 e. The number of rotatable bonds is 5. The van der Waals surface area contributed by atoms with Gasteiger partial charge in [-0.25, -0.2) is 4.39 Å². The quantitative estimate of drug-likeness (QED) is 0.318. The molecule has 164 valence electrons. The van der Waals surface area contributed by atoms with Crippen molar-refractivity contribution < 1.29 is 9.18 Å². The Labute approximate surface area is 198 Å². The van der Waals surface area contributed by atoms with E-state index >= 15 is 0 Å². The van der Waals surface area contributed by atoms with Gasteiger partial charge >= 0.3 is 0 Å². The molecule has 0 unspecified atom stereocenters. The van der Waals surface area contributed by atoms with E-state index in [1.807, 2.05) is 59.5 Å². The molecule has 0 bridgehead atoms. The van der Waals surface area contributed by atoms with Gasteiger partial charge in [0.2, 0.25) is 0 Å². The molecule has 0 N–H and O–H groups in total. The first-order valence-electron chi connectivity index (χ1n) is 11.1. The summed E-state index contributed by atoms with van der Waals surface area (Å²) in [6, 6.07) is 30.1. The maximum Gasteiger partial charge on any atom is 0.255 e. The zero-order valence-corrected chi connectivity index (χ0v) is 18.8. The second kappa shape index (κ2) is 9.21. The monoisotopic (exact) mass is 455 g/mol. The molecule has 0 aromatic heterocycles. The van der Waals surface area contributed by atoms with Crippen molar-refractivity contribution in [1.82, 2.24) is 4.90 Å². The van der Waals surface area contributed by atoms with E-state index in [0.29, 0.717) is 17.1 Å². The summed E-state index contributed by atoms with van der Waals surface area (Å²) >= 11 is 6.35. The van der Waals surface area contributed by atoms with Crippen LogP contribution in [0, 0.1) is 5.82 Å². The van der Waals surface area contributed by atoms with Crippen molar-refractivity contribution >= 4 is 17.5 Å². The molecule has 0 radical (unpaired) electrons. The summed E-state index contributed by atoms with van der Waals surface area (Å²) in [6.07, 6.45) is 1.59. The normalized spacial score (nSPS) is 13.0. The van der Waals surface area contributed by atoms with E-state index in [1.54, 1.807) is 18.2 Å². The van der Waals surface area contributed by atoms with E-state index in [9.17, 15) is 9.18 Å². The lowest BCUT2D eigenvalue weighted by atomic mass is 9.97. The van der Waals surface area contributed by atoms with E-state index < -0.39 is 0 Å². The van der Waals surface area contributed by atoms with Gasteiger partial charge in [-0.15, -0.1) is 0 Å². The van der Waals surface area contributed by atoms with Crippen LogP contribution in [0.1, 0.15) is 27.0 Å². The number of amides is 1. The van der Waals surface area contributed by atoms with Crippen LogP contribution in [0.2, 0.25) is 5.02 Å². The highest BCUT2D eigenvalue weighted by Crippen LogP contribution is 2.32. The number of benzene rings is 4.